The lowest BCUT2D eigenvalue weighted by molar-refractivity contribution is -0.384. The Bertz CT molecular complexity index is 480. The van der Waals surface area contributed by atoms with E-state index in [4.69, 9.17) is 4.74 Å². The van der Waals surface area contributed by atoms with Gasteiger partial charge in [0.15, 0.2) is 0 Å². The molecule has 2 rings (SSSR count). The van der Waals surface area contributed by atoms with Gasteiger partial charge in [0.25, 0.3) is 5.69 Å². The summed E-state index contributed by atoms with van der Waals surface area (Å²) in [6.45, 7) is 2.06. The van der Waals surface area contributed by atoms with Crippen LogP contribution in [0.25, 0.3) is 0 Å². The van der Waals surface area contributed by atoms with Gasteiger partial charge in [-0.2, -0.15) is 0 Å². The van der Waals surface area contributed by atoms with Crippen molar-refractivity contribution in [2.24, 2.45) is 5.92 Å². The monoisotopic (exact) mass is 294 g/mol. The van der Waals surface area contributed by atoms with Crippen molar-refractivity contribution in [1.29, 1.82) is 0 Å². The number of hydrogen-bond donors (Lipinski definition) is 1. The number of non-ortho nitro benzene ring substituents is 1. The van der Waals surface area contributed by atoms with Crippen LogP contribution in [-0.4, -0.2) is 47.8 Å². The minimum atomic E-state index is -0.430. The average molecular weight is 294 g/mol. The van der Waals surface area contributed by atoms with E-state index in [0.29, 0.717) is 18.3 Å². The summed E-state index contributed by atoms with van der Waals surface area (Å²) in [6, 6.07) is 6.21. The number of nitro benzene ring substituents is 1. The predicted molar refractivity (Wildman–Crippen MR) is 79.4 cm³/mol. The van der Waals surface area contributed by atoms with Crippen molar-refractivity contribution in [3.05, 3.63) is 34.4 Å². The summed E-state index contributed by atoms with van der Waals surface area (Å²) in [5, 5.41) is 20.5. The van der Waals surface area contributed by atoms with Crippen LogP contribution in [0.2, 0.25) is 0 Å². The van der Waals surface area contributed by atoms with E-state index in [1.165, 1.54) is 12.1 Å². The van der Waals surface area contributed by atoms with Crippen molar-refractivity contribution in [1.82, 2.24) is 4.90 Å². The quantitative estimate of drug-likeness (QED) is 0.615. The molecule has 0 saturated heterocycles. The van der Waals surface area contributed by atoms with Crippen molar-refractivity contribution in [2.45, 2.75) is 25.4 Å². The maximum absolute atomic E-state index is 10.7. The topological polar surface area (TPSA) is 75.8 Å². The highest BCUT2D eigenvalue weighted by molar-refractivity contribution is 5.37. The van der Waals surface area contributed by atoms with Gasteiger partial charge in [-0.05, 0) is 31.9 Å². The number of hydrogen-bond acceptors (Lipinski definition) is 5. The molecule has 0 spiro atoms. The number of rotatable bonds is 7. The molecule has 1 aliphatic rings. The second-order valence-electron chi connectivity index (χ2n) is 5.62. The van der Waals surface area contributed by atoms with Gasteiger partial charge < -0.3 is 14.7 Å². The molecule has 0 amide bonds. The molecule has 1 aromatic carbocycles. The van der Waals surface area contributed by atoms with Crippen LogP contribution in [0.1, 0.15) is 19.3 Å². The Morgan fingerprint density at radius 1 is 1.48 bits per heavy atom. The number of aliphatic hydroxyl groups excluding tert-OH is 1. The van der Waals surface area contributed by atoms with Crippen molar-refractivity contribution in [3.63, 3.8) is 0 Å². The molecule has 0 aliphatic heterocycles. The molecular weight excluding hydrogens is 272 g/mol. The van der Waals surface area contributed by atoms with Gasteiger partial charge in [-0.3, -0.25) is 10.1 Å². The molecule has 1 aliphatic carbocycles. The van der Waals surface area contributed by atoms with E-state index in [1.54, 1.807) is 12.1 Å². The van der Waals surface area contributed by atoms with E-state index in [2.05, 4.69) is 4.90 Å². The van der Waals surface area contributed by atoms with E-state index in [9.17, 15) is 15.2 Å². The predicted octanol–water partition coefficient (Wildman–Crippen LogP) is 2.07. The van der Waals surface area contributed by atoms with Crippen LogP contribution in [0.3, 0.4) is 0 Å². The second kappa shape index (κ2) is 7.38. The van der Waals surface area contributed by atoms with Crippen molar-refractivity contribution >= 4 is 5.69 Å². The Morgan fingerprint density at radius 2 is 2.29 bits per heavy atom. The highest BCUT2D eigenvalue weighted by Gasteiger charge is 2.25. The third-order valence-corrected chi connectivity index (χ3v) is 3.94. The van der Waals surface area contributed by atoms with Gasteiger partial charge in [-0.1, -0.05) is 12.5 Å². The van der Waals surface area contributed by atoms with Gasteiger partial charge in [-0.25, -0.2) is 0 Å². The lowest BCUT2D eigenvalue weighted by Crippen LogP contribution is -2.32. The number of aliphatic hydroxyl groups is 1. The summed E-state index contributed by atoms with van der Waals surface area (Å²) in [4.78, 5) is 12.4. The smallest absolute Gasteiger partial charge is 0.273 e. The fourth-order valence-electron chi connectivity index (χ4n) is 2.73. The molecule has 6 heteroatoms. The van der Waals surface area contributed by atoms with Crippen LogP contribution in [0.15, 0.2) is 24.3 Å². The number of likely N-dealkylation sites (N-methyl/N-ethyl adjacent to an activating group) is 1. The molecule has 0 radical (unpaired) electrons. The molecule has 1 aromatic rings. The van der Waals surface area contributed by atoms with E-state index in [-0.39, 0.29) is 11.8 Å². The second-order valence-corrected chi connectivity index (χ2v) is 5.62. The largest absolute Gasteiger partial charge is 0.492 e. The molecular formula is C15H22N2O4. The first-order valence-electron chi connectivity index (χ1n) is 7.30. The first-order chi connectivity index (χ1) is 10.1. The first kappa shape index (κ1) is 15.7. The van der Waals surface area contributed by atoms with E-state index < -0.39 is 4.92 Å². The van der Waals surface area contributed by atoms with Gasteiger partial charge in [-0.15, -0.1) is 0 Å². The van der Waals surface area contributed by atoms with Crippen molar-refractivity contribution in [3.8, 4) is 5.75 Å². The molecule has 6 nitrogen and oxygen atoms in total. The lowest BCUT2D eigenvalue weighted by Gasteiger charge is -2.23. The standard InChI is InChI=1S/C15H22N2O4/c1-16(11-12-4-2-7-15(12)18)8-9-21-14-6-3-5-13(10-14)17(19)20/h3,5-6,10,12,15,18H,2,4,7-9,11H2,1H3. The van der Waals surface area contributed by atoms with Crippen LogP contribution in [0.5, 0.6) is 5.75 Å². The number of nitrogens with zero attached hydrogens (tertiary/aromatic N) is 2. The van der Waals surface area contributed by atoms with Crippen LogP contribution in [-0.2, 0) is 0 Å². The summed E-state index contributed by atoms with van der Waals surface area (Å²) >= 11 is 0. The summed E-state index contributed by atoms with van der Waals surface area (Å²) in [5.41, 5.74) is 0.0370. The first-order valence-corrected chi connectivity index (χ1v) is 7.30. The third kappa shape index (κ3) is 4.68. The normalized spacial score (nSPS) is 21.7. The van der Waals surface area contributed by atoms with Crippen LogP contribution in [0.4, 0.5) is 5.69 Å². The molecule has 1 fully saturated rings. The SMILES string of the molecule is CN(CCOc1cccc([N+](=O)[O-])c1)CC1CCCC1O. The minimum absolute atomic E-state index is 0.0370. The zero-order valence-corrected chi connectivity index (χ0v) is 12.3. The fraction of sp³-hybridized carbons (Fsp3) is 0.600. The minimum Gasteiger partial charge on any atom is -0.492 e. The van der Waals surface area contributed by atoms with Crippen molar-refractivity contribution < 1.29 is 14.8 Å². The fourth-order valence-corrected chi connectivity index (χ4v) is 2.73. The maximum Gasteiger partial charge on any atom is 0.273 e. The van der Waals surface area contributed by atoms with Gasteiger partial charge in [0.1, 0.15) is 12.4 Å². The summed E-state index contributed by atoms with van der Waals surface area (Å²) < 4.78 is 5.55. The van der Waals surface area contributed by atoms with Crippen LogP contribution >= 0.6 is 0 Å². The summed E-state index contributed by atoms with van der Waals surface area (Å²) in [5.74, 6) is 0.867. The van der Waals surface area contributed by atoms with Gasteiger partial charge in [0, 0.05) is 19.2 Å². The Kier molecular flexibility index (Phi) is 5.52. The van der Waals surface area contributed by atoms with Crippen LogP contribution in [0, 0.1) is 16.0 Å². The highest BCUT2D eigenvalue weighted by atomic mass is 16.6. The summed E-state index contributed by atoms with van der Waals surface area (Å²) in [7, 11) is 2.00. The van der Waals surface area contributed by atoms with Gasteiger partial charge in [0.05, 0.1) is 17.1 Å². The Hall–Kier alpha value is -1.66. The molecule has 2 unspecified atom stereocenters. The van der Waals surface area contributed by atoms with Crippen molar-refractivity contribution in [2.75, 3.05) is 26.7 Å². The van der Waals surface area contributed by atoms with E-state index in [1.807, 2.05) is 7.05 Å². The maximum atomic E-state index is 10.7. The molecule has 116 valence electrons. The molecule has 0 heterocycles. The highest BCUT2D eigenvalue weighted by Crippen LogP contribution is 2.26. The number of nitro groups is 1. The van der Waals surface area contributed by atoms with Gasteiger partial charge >= 0.3 is 0 Å². The van der Waals surface area contributed by atoms with Gasteiger partial charge in [0.2, 0.25) is 0 Å². The Morgan fingerprint density at radius 3 is 2.95 bits per heavy atom. The number of benzene rings is 1. The summed E-state index contributed by atoms with van der Waals surface area (Å²) in [6.07, 6.45) is 2.91. The molecule has 0 aromatic heterocycles. The zero-order chi connectivity index (χ0) is 15.2. The molecule has 21 heavy (non-hydrogen) atoms. The lowest BCUT2D eigenvalue weighted by atomic mass is 10.1. The molecule has 2 atom stereocenters. The molecule has 1 saturated carbocycles. The van der Waals surface area contributed by atoms with E-state index in [0.717, 1.165) is 32.4 Å². The number of ether oxygens (including phenoxy) is 1. The third-order valence-electron chi connectivity index (χ3n) is 3.94. The zero-order valence-electron chi connectivity index (χ0n) is 12.3. The Labute approximate surface area is 124 Å². The van der Waals surface area contributed by atoms with E-state index >= 15 is 0 Å². The van der Waals surface area contributed by atoms with Crippen LogP contribution < -0.4 is 4.74 Å². The molecule has 0 bridgehead atoms. The molecule has 1 N–H and O–H groups in total. The Balaban J connectivity index is 1.73. The average Bonchev–Trinajstić information content (AvgIpc) is 2.84.